The highest BCUT2D eigenvalue weighted by molar-refractivity contribution is 4.88. The van der Waals surface area contributed by atoms with Crippen LogP contribution in [0.4, 0.5) is 0 Å². The Morgan fingerprint density at radius 2 is 2.07 bits per heavy atom. The van der Waals surface area contributed by atoms with E-state index < -0.39 is 0 Å². The summed E-state index contributed by atoms with van der Waals surface area (Å²) in [6.07, 6.45) is 4.15. The van der Waals surface area contributed by atoms with E-state index in [0.29, 0.717) is 0 Å². The minimum atomic E-state index is 0.834. The van der Waals surface area contributed by atoms with E-state index in [-0.39, 0.29) is 0 Å². The van der Waals surface area contributed by atoms with Crippen LogP contribution in [0.15, 0.2) is 0 Å². The summed E-state index contributed by atoms with van der Waals surface area (Å²) in [6.45, 7) is 7.07. The van der Waals surface area contributed by atoms with Crippen LogP contribution in [-0.2, 0) is 0 Å². The number of rotatable bonds is 6. The third kappa shape index (κ3) is 3.25. The van der Waals surface area contributed by atoms with Gasteiger partial charge in [-0.15, -0.1) is 0 Å². The van der Waals surface area contributed by atoms with Crippen molar-refractivity contribution >= 4 is 0 Å². The Bertz CT molecular complexity index is 156. The van der Waals surface area contributed by atoms with Gasteiger partial charge in [0.25, 0.3) is 0 Å². The monoisotopic (exact) mass is 198 g/mol. The predicted molar refractivity (Wildman–Crippen MR) is 62.5 cm³/mol. The maximum atomic E-state index is 3.29. The molecule has 0 radical (unpaired) electrons. The molecule has 2 heteroatoms. The van der Waals surface area contributed by atoms with Crippen LogP contribution in [0, 0.1) is 11.8 Å². The van der Waals surface area contributed by atoms with Gasteiger partial charge in [0.2, 0.25) is 0 Å². The van der Waals surface area contributed by atoms with Crippen LogP contribution in [0.5, 0.6) is 0 Å². The molecular weight excluding hydrogens is 172 g/mol. The normalized spacial score (nSPS) is 27.0. The molecule has 84 valence electrons. The molecule has 1 fully saturated rings. The second-order valence-electron chi connectivity index (χ2n) is 5.13. The molecule has 0 aromatic heterocycles. The number of hydrogen-bond acceptors (Lipinski definition) is 2. The molecule has 2 unspecified atom stereocenters. The molecule has 1 aliphatic carbocycles. The second-order valence-corrected chi connectivity index (χ2v) is 5.13. The summed E-state index contributed by atoms with van der Waals surface area (Å²) >= 11 is 0. The Balaban J connectivity index is 2.20. The van der Waals surface area contributed by atoms with Crippen molar-refractivity contribution in [1.82, 2.24) is 10.2 Å². The molecule has 1 N–H and O–H groups in total. The SMILES string of the molecule is CNCC1CCC1N(C)CCC(C)C. The molecule has 0 saturated heterocycles. The van der Waals surface area contributed by atoms with Gasteiger partial charge in [0, 0.05) is 6.04 Å². The molecule has 2 nitrogen and oxygen atoms in total. The summed E-state index contributed by atoms with van der Waals surface area (Å²) in [5.74, 6) is 1.73. The van der Waals surface area contributed by atoms with E-state index in [9.17, 15) is 0 Å². The van der Waals surface area contributed by atoms with Gasteiger partial charge in [-0.2, -0.15) is 0 Å². The summed E-state index contributed by atoms with van der Waals surface area (Å²) in [6, 6.07) is 0.848. The van der Waals surface area contributed by atoms with Crippen LogP contribution in [0.25, 0.3) is 0 Å². The van der Waals surface area contributed by atoms with E-state index in [4.69, 9.17) is 0 Å². The van der Waals surface area contributed by atoms with E-state index in [2.05, 4.69) is 38.2 Å². The molecule has 0 aliphatic heterocycles. The number of nitrogens with one attached hydrogen (secondary N) is 1. The maximum absolute atomic E-state index is 3.29. The van der Waals surface area contributed by atoms with Gasteiger partial charge in [0.05, 0.1) is 0 Å². The first kappa shape index (κ1) is 12.0. The summed E-state index contributed by atoms with van der Waals surface area (Å²) in [5, 5.41) is 3.29. The largest absolute Gasteiger partial charge is 0.319 e. The third-order valence-electron chi connectivity index (χ3n) is 3.47. The van der Waals surface area contributed by atoms with Crippen molar-refractivity contribution in [3.8, 4) is 0 Å². The van der Waals surface area contributed by atoms with Crippen LogP contribution in [0.1, 0.15) is 33.1 Å². The van der Waals surface area contributed by atoms with E-state index in [1.165, 1.54) is 32.4 Å². The fraction of sp³-hybridized carbons (Fsp3) is 1.00. The van der Waals surface area contributed by atoms with Gasteiger partial charge in [-0.1, -0.05) is 13.8 Å². The Morgan fingerprint density at radius 1 is 1.36 bits per heavy atom. The quantitative estimate of drug-likeness (QED) is 0.702. The van der Waals surface area contributed by atoms with Crippen molar-refractivity contribution in [1.29, 1.82) is 0 Å². The second kappa shape index (κ2) is 5.72. The molecule has 1 aliphatic rings. The topological polar surface area (TPSA) is 15.3 Å². The van der Waals surface area contributed by atoms with Crippen molar-refractivity contribution < 1.29 is 0 Å². The van der Waals surface area contributed by atoms with Crippen molar-refractivity contribution in [2.75, 3.05) is 27.2 Å². The van der Waals surface area contributed by atoms with Crippen molar-refractivity contribution in [3.63, 3.8) is 0 Å². The van der Waals surface area contributed by atoms with Crippen LogP contribution in [-0.4, -0.2) is 38.1 Å². The molecule has 0 spiro atoms. The molecule has 0 aromatic rings. The smallest absolute Gasteiger partial charge is 0.0133 e. The lowest BCUT2D eigenvalue weighted by Crippen LogP contribution is -2.48. The average molecular weight is 198 g/mol. The zero-order valence-corrected chi connectivity index (χ0v) is 10.2. The lowest BCUT2D eigenvalue weighted by atomic mass is 9.78. The van der Waals surface area contributed by atoms with Crippen LogP contribution in [0.2, 0.25) is 0 Å². The van der Waals surface area contributed by atoms with E-state index >= 15 is 0 Å². The lowest BCUT2D eigenvalue weighted by molar-refractivity contribution is 0.0814. The Labute approximate surface area is 89.1 Å². The summed E-state index contributed by atoms with van der Waals surface area (Å²) in [4.78, 5) is 2.56. The van der Waals surface area contributed by atoms with Crippen LogP contribution < -0.4 is 5.32 Å². The van der Waals surface area contributed by atoms with Crippen LogP contribution >= 0.6 is 0 Å². The number of nitrogens with zero attached hydrogens (tertiary/aromatic N) is 1. The van der Waals surface area contributed by atoms with Gasteiger partial charge >= 0.3 is 0 Å². The molecule has 1 saturated carbocycles. The summed E-state index contributed by atoms with van der Waals surface area (Å²) in [5.41, 5.74) is 0. The molecule has 14 heavy (non-hydrogen) atoms. The first-order valence-electron chi connectivity index (χ1n) is 6.00. The Morgan fingerprint density at radius 3 is 2.50 bits per heavy atom. The zero-order chi connectivity index (χ0) is 10.6. The first-order valence-corrected chi connectivity index (χ1v) is 6.00. The average Bonchev–Trinajstić information content (AvgIpc) is 2.09. The summed E-state index contributed by atoms with van der Waals surface area (Å²) < 4.78 is 0. The third-order valence-corrected chi connectivity index (χ3v) is 3.47. The van der Waals surface area contributed by atoms with Crippen molar-refractivity contribution in [2.24, 2.45) is 11.8 Å². The lowest BCUT2D eigenvalue weighted by Gasteiger charge is -2.43. The van der Waals surface area contributed by atoms with Crippen LogP contribution in [0.3, 0.4) is 0 Å². The fourth-order valence-corrected chi connectivity index (χ4v) is 2.26. The predicted octanol–water partition coefficient (Wildman–Crippen LogP) is 1.96. The van der Waals surface area contributed by atoms with Crippen molar-refractivity contribution in [2.45, 2.75) is 39.2 Å². The number of hydrogen-bond donors (Lipinski definition) is 1. The Hall–Kier alpha value is -0.0800. The van der Waals surface area contributed by atoms with Gasteiger partial charge in [0.1, 0.15) is 0 Å². The summed E-state index contributed by atoms with van der Waals surface area (Å²) in [7, 11) is 4.35. The first-order chi connectivity index (χ1) is 6.65. The van der Waals surface area contributed by atoms with Gasteiger partial charge in [0.15, 0.2) is 0 Å². The minimum absolute atomic E-state index is 0.834. The minimum Gasteiger partial charge on any atom is -0.319 e. The van der Waals surface area contributed by atoms with E-state index in [0.717, 1.165) is 17.9 Å². The fourth-order valence-electron chi connectivity index (χ4n) is 2.26. The van der Waals surface area contributed by atoms with Gasteiger partial charge in [-0.25, -0.2) is 0 Å². The highest BCUT2D eigenvalue weighted by Gasteiger charge is 2.32. The molecule has 0 aromatic carbocycles. The highest BCUT2D eigenvalue weighted by atomic mass is 15.1. The molecular formula is C12H26N2. The van der Waals surface area contributed by atoms with E-state index in [1.54, 1.807) is 0 Å². The van der Waals surface area contributed by atoms with Crippen molar-refractivity contribution in [3.05, 3.63) is 0 Å². The Kier molecular flexibility index (Phi) is 4.90. The van der Waals surface area contributed by atoms with Gasteiger partial charge in [-0.05, 0) is 58.3 Å². The van der Waals surface area contributed by atoms with E-state index in [1.807, 2.05) is 0 Å². The molecule has 0 amide bonds. The molecule has 1 rings (SSSR count). The molecule has 0 bridgehead atoms. The zero-order valence-electron chi connectivity index (χ0n) is 10.2. The van der Waals surface area contributed by atoms with Gasteiger partial charge in [-0.3, -0.25) is 0 Å². The standard InChI is InChI=1S/C12H26N2/c1-10(2)7-8-14(4)12-6-5-11(12)9-13-3/h10-13H,5-9H2,1-4H3. The molecule has 2 atom stereocenters. The van der Waals surface area contributed by atoms with Gasteiger partial charge < -0.3 is 10.2 Å². The maximum Gasteiger partial charge on any atom is 0.0133 e. The highest BCUT2D eigenvalue weighted by Crippen LogP contribution is 2.31. The molecule has 0 heterocycles.